The predicted molar refractivity (Wildman–Crippen MR) is 97.1 cm³/mol. The van der Waals surface area contributed by atoms with Crippen molar-refractivity contribution < 1.29 is 14.0 Å². The molecule has 0 bridgehead atoms. The number of Topliss-reactive ketones (excluding diaryl/α,β-unsaturated/α-hetero) is 1. The van der Waals surface area contributed by atoms with Crippen LogP contribution >= 0.6 is 0 Å². The Morgan fingerprint density at radius 2 is 1.73 bits per heavy atom. The Morgan fingerprint density at radius 1 is 1.00 bits per heavy atom. The van der Waals surface area contributed by atoms with Crippen molar-refractivity contribution in [3.63, 3.8) is 0 Å². The Labute approximate surface area is 153 Å². The van der Waals surface area contributed by atoms with Crippen molar-refractivity contribution in [2.45, 2.75) is 44.6 Å². The summed E-state index contributed by atoms with van der Waals surface area (Å²) >= 11 is 0. The molecule has 2 heterocycles. The maximum atomic E-state index is 13.0. The highest BCUT2D eigenvalue weighted by Gasteiger charge is 2.26. The third-order valence-electron chi connectivity index (χ3n) is 4.90. The fourth-order valence-electron chi connectivity index (χ4n) is 3.48. The van der Waals surface area contributed by atoms with E-state index in [0.717, 1.165) is 37.8 Å². The number of nitrogens with zero attached hydrogens (tertiary/aromatic N) is 2. The summed E-state index contributed by atoms with van der Waals surface area (Å²) in [5.74, 6) is -0.500. The van der Waals surface area contributed by atoms with E-state index in [-0.39, 0.29) is 36.4 Å². The van der Waals surface area contributed by atoms with Gasteiger partial charge in [0.2, 0.25) is 5.91 Å². The molecule has 1 atom stereocenters. The molecular formula is C21H23FN2O2. The van der Waals surface area contributed by atoms with E-state index in [9.17, 15) is 14.0 Å². The average Bonchev–Trinajstić information content (AvgIpc) is 2.93. The molecule has 4 nitrogen and oxygen atoms in total. The third kappa shape index (κ3) is 4.54. The third-order valence-corrected chi connectivity index (χ3v) is 4.90. The maximum absolute atomic E-state index is 13.0. The molecule has 0 N–H and O–H groups in total. The first kappa shape index (κ1) is 18.2. The summed E-state index contributed by atoms with van der Waals surface area (Å²) in [6.45, 7) is 0.719. The lowest BCUT2D eigenvalue weighted by molar-refractivity contribution is -0.133. The number of ketones is 1. The van der Waals surface area contributed by atoms with Gasteiger partial charge in [-0.05, 0) is 54.8 Å². The van der Waals surface area contributed by atoms with Crippen molar-refractivity contribution in [3.05, 3.63) is 65.7 Å². The Kier molecular flexibility index (Phi) is 6.10. The summed E-state index contributed by atoms with van der Waals surface area (Å²) in [7, 11) is 0. The van der Waals surface area contributed by atoms with E-state index < -0.39 is 0 Å². The quantitative estimate of drug-likeness (QED) is 0.751. The molecule has 1 aromatic heterocycles. The minimum absolute atomic E-state index is 0.00386. The van der Waals surface area contributed by atoms with Gasteiger partial charge < -0.3 is 4.90 Å². The molecule has 26 heavy (non-hydrogen) atoms. The second-order valence-electron chi connectivity index (χ2n) is 6.66. The highest BCUT2D eigenvalue weighted by Crippen LogP contribution is 2.30. The molecule has 2 aromatic rings. The Bertz CT molecular complexity index is 746. The van der Waals surface area contributed by atoms with E-state index in [4.69, 9.17) is 0 Å². The number of benzene rings is 1. The molecule has 0 unspecified atom stereocenters. The molecule has 0 aliphatic carbocycles. The summed E-state index contributed by atoms with van der Waals surface area (Å²) < 4.78 is 13.0. The van der Waals surface area contributed by atoms with Gasteiger partial charge in [0, 0.05) is 37.3 Å². The molecular weight excluding hydrogens is 331 g/mol. The molecule has 1 amide bonds. The van der Waals surface area contributed by atoms with Gasteiger partial charge in [-0.15, -0.1) is 0 Å². The predicted octanol–water partition coefficient (Wildman–Crippen LogP) is 4.33. The summed E-state index contributed by atoms with van der Waals surface area (Å²) in [6.07, 6.45) is 7.94. The smallest absolute Gasteiger partial charge is 0.223 e. The summed E-state index contributed by atoms with van der Waals surface area (Å²) in [5, 5.41) is 0. The fraction of sp³-hybridized carbons (Fsp3) is 0.381. The first-order valence-corrected chi connectivity index (χ1v) is 9.13. The van der Waals surface area contributed by atoms with Gasteiger partial charge in [-0.3, -0.25) is 14.6 Å². The number of rotatable bonds is 5. The van der Waals surface area contributed by atoms with Gasteiger partial charge in [0.25, 0.3) is 0 Å². The highest BCUT2D eigenvalue weighted by molar-refractivity contribution is 5.97. The minimum atomic E-state index is -0.373. The van der Waals surface area contributed by atoms with Crippen molar-refractivity contribution in [3.8, 4) is 0 Å². The van der Waals surface area contributed by atoms with Crippen molar-refractivity contribution in [1.82, 2.24) is 9.88 Å². The van der Waals surface area contributed by atoms with Crippen LogP contribution in [-0.2, 0) is 4.79 Å². The number of likely N-dealkylation sites (tertiary alicyclic amines) is 1. The van der Waals surface area contributed by atoms with E-state index in [0.29, 0.717) is 5.56 Å². The first-order chi connectivity index (χ1) is 12.6. The second kappa shape index (κ2) is 8.70. The van der Waals surface area contributed by atoms with Gasteiger partial charge in [-0.1, -0.05) is 12.8 Å². The van der Waals surface area contributed by atoms with Crippen molar-refractivity contribution in [2.24, 2.45) is 0 Å². The fourth-order valence-corrected chi connectivity index (χ4v) is 3.48. The number of amides is 1. The van der Waals surface area contributed by atoms with Crippen LogP contribution in [0.1, 0.15) is 60.5 Å². The minimum Gasteiger partial charge on any atom is -0.336 e. The first-order valence-electron chi connectivity index (χ1n) is 9.13. The van der Waals surface area contributed by atoms with Crippen LogP contribution < -0.4 is 0 Å². The zero-order chi connectivity index (χ0) is 18.4. The van der Waals surface area contributed by atoms with E-state index >= 15 is 0 Å². The van der Waals surface area contributed by atoms with Crippen LogP contribution in [0.2, 0.25) is 0 Å². The molecule has 1 aliphatic rings. The van der Waals surface area contributed by atoms with Crippen LogP contribution in [0.15, 0.2) is 48.8 Å². The van der Waals surface area contributed by atoms with Crippen LogP contribution in [0.4, 0.5) is 4.39 Å². The van der Waals surface area contributed by atoms with Gasteiger partial charge in [-0.25, -0.2) is 4.39 Å². The number of pyridine rings is 1. The molecule has 0 saturated carbocycles. The zero-order valence-corrected chi connectivity index (χ0v) is 14.7. The molecule has 1 fully saturated rings. The monoisotopic (exact) mass is 354 g/mol. The SMILES string of the molecule is O=C(CCC(=O)N1CCCCC[C@@H]1c1ccncc1)c1ccc(F)cc1. The van der Waals surface area contributed by atoms with E-state index in [1.54, 1.807) is 12.4 Å². The summed E-state index contributed by atoms with van der Waals surface area (Å²) in [4.78, 5) is 31.1. The van der Waals surface area contributed by atoms with Gasteiger partial charge in [-0.2, -0.15) is 0 Å². The van der Waals surface area contributed by atoms with Gasteiger partial charge in [0.05, 0.1) is 6.04 Å². The van der Waals surface area contributed by atoms with Crippen LogP contribution in [0.3, 0.4) is 0 Å². The zero-order valence-electron chi connectivity index (χ0n) is 14.7. The van der Waals surface area contributed by atoms with Crippen molar-refractivity contribution in [2.75, 3.05) is 6.54 Å². The van der Waals surface area contributed by atoms with Crippen molar-refractivity contribution >= 4 is 11.7 Å². The molecule has 5 heteroatoms. The van der Waals surface area contributed by atoms with Gasteiger partial charge in [0.1, 0.15) is 5.82 Å². The highest BCUT2D eigenvalue weighted by atomic mass is 19.1. The van der Waals surface area contributed by atoms with E-state index in [2.05, 4.69) is 4.98 Å². The maximum Gasteiger partial charge on any atom is 0.223 e. The van der Waals surface area contributed by atoms with Crippen LogP contribution in [0.5, 0.6) is 0 Å². The molecule has 3 rings (SSSR count). The molecule has 136 valence electrons. The Morgan fingerprint density at radius 3 is 2.46 bits per heavy atom. The number of hydrogen-bond acceptors (Lipinski definition) is 3. The number of aromatic nitrogens is 1. The standard InChI is InChI=1S/C21H23FN2O2/c22-18-7-5-17(6-8-18)20(25)9-10-21(26)24-15-3-1-2-4-19(24)16-11-13-23-14-12-16/h5-8,11-14,19H,1-4,9-10,15H2/t19-/m1/s1. The number of halogens is 1. The Balaban J connectivity index is 1.66. The van der Waals surface area contributed by atoms with E-state index in [1.165, 1.54) is 24.3 Å². The summed E-state index contributed by atoms with van der Waals surface area (Å²) in [5.41, 5.74) is 1.54. The number of carbonyl (C=O) groups is 2. The average molecular weight is 354 g/mol. The van der Waals surface area contributed by atoms with Crippen LogP contribution in [0.25, 0.3) is 0 Å². The van der Waals surface area contributed by atoms with Crippen LogP contribution in [-0.4, -0.2) is 28.1 Å². The largest absolute Gasteiger partial charge is 0.336 e. The molecule has 1 aliphatic heterocycles. The van der Waals surface area contributed by atoms with Crippen molar-refractivity contribution in [1.29, 1.82) is 0 Å². The molecule has 1 aromatic carbocycles. The van der Waals surface area contributed by atoms with E-state index in [1.807, 2.05) is 17.0 Å². The lowest BCUT2D eigenvalue weighted by Crippen LogP contribution is -2.35. The lowest BCUT2D eigenvalue weighted by atomic mass is 10.0. The summed E-state index contributed by atoms with van der Waals surface area (Å²) in [6, 6.07) is 9.43. The lowest BCUT2D eigenvalue weighted by Gasteiger charge is -2.30. The van der Waals surface area contributed by atoms with Gasteiger partial charge in [0.15, 0.2) is 5.78 Å². The molecule has 1 saturated heterocycles. The Hall–Kier alpha value is -2.56. The number of hydrogen-bond donors (Lipinski definition) is 0. The topological polar surface area (TPSA) is 50.3 Å². The van der Waals surface area contributed by atoms with Gasteiger partial charge >= 0.3 is 0 Å². The number of carbonyl (C=O) groups excluding carboxylic acids is 2. The van der Waals surface area contributed by atoms with Crippen LogP contribution in [0, 0.1) is 5.82 Å². The molecule has 0 spiro atoms. The molecule has 0 radical (unpaired) electrons. The normalized spacial score (nSPS) is 17.6. The second-order valence-corrected chi connectivity index (χ2v) is 6.66.